The molecular formula is C22H30OS. The second-order valence-electron chi connectivity index (χ2n) is 6.94. The van der Waals surface area contributed by atoms with Crippen LogP contribution in [-0.4, -0.2) is 0 Å². The van der Waals surface area contributed by atoms with Gasteiger partial charge in [-0.3, -0.25) is 0 Å². The quantitative estimate of drug-likeness (QED) is 0.451. The monoisotopic (exact) mass is 342 g/mol. The highest BCUT2D eigenvalue weighted by Crippen LogP contribution is 2.39. The van der Waals surface area contributed by atoms with Gasteiger partial charge in [-0.25, -0.2) is 0 Å². The van der Waals surface area contributed by atoms with Crippen LogP contribution in [0.15, 0.2) is 40.8 Å². The maximum atomic E-state index is 6.29. The van der Waals surface area contributed by atoms with Crippen LogP contribution in [0, 0.1) is 0 Å². The number of rotatable bonds is 9. The molecule has 1 heterocycles. The minimum atomic E-state index is 0.507. The zero-order valence-electron chi connectivity index (χ0n) is 14.9. The molecule has 130 valence electrons. The summed E-state index contributed by atoms with van der Waals surface area (Å²) >= 11 is 2.06. The molecule has 0 N–H and O–H groups in total. The van der Waals surface area contributed by atoms with E-state index in [9.17, 15) is 0 Å². The highest BCUT2D eigenvalue weighted by Gasteiger charge is 2.21. The lowest BCUT2D eigenvalue weighted by Gasteiger charge is -2.14. The van der Waals surface area contributed by atoms with Crippen LogP contribution in [0.25, 0.3) is 0 Å². The van der Waals surface area contributed by atoms with Crippen LogP contribution < -0.4 is 0 Å². The van der Waals surface area contributed by atoms with E-state index < -0.39 is 0 Å². The zero-order chi connectivity index (χ0) is 16.6. The van der Waals surface area contributed by atoms with Crippen LogP contribution in [-0.2, 0) is 18.6 Å². The van der Waals surface area contributed by atoms with Crippen LogP contribution >= 0.6 is 11.8 Å². The van der Waals surface area contributed by atoms with E-state index in [1.807, 2.05) is 0 Å². The third-order valence-corrected chi connectivity index (χ3v) is 6.32. The van der Waals surface area contributed by atoms with Gasteiger partial charge in [0.25, 0.3) is 0 Å². The van der Waals surface area contributed by atoms with Gasteiger partial charge in [-0.2, -0.15) is 0 Å². The summed E-state index contributed by atoms with van der Waals surface area (Å²) < 4.78 is 6.29. The Morgan fingerprint density at radius 2 is 1.88 bits per heavy atom. The topological polar surface area (TPSA) is 13.1 Å². The average Bonchev–Trinajstić information content (AvgIpc) is 3.06. The molecule has 1 aliphatic rings. The van der Waals surface area contributed by atoms with Crippen LogP contribution in [0.1, 0.15) is 79.8 Å². The summed E-state index contributed by atoms with van der Waals surface area (Å²) in [4.78, 5) is 0. The third-order valence-electron chi connectivity index (χ3n) is 4.95. The number of thioether (sulfide) groups is 1. The van der Waals surface area contributed by atoms with Gasteiger partial charge in [0.15, 0.2) is 0 Å². The molecule has 0 radical (unpaired) electrons. The van der Waals surface area contributed by atoms with Gasteiger partial charge < -0.3 is 4.42 Å². The van der Waals surface area contributed by atoms with Gasteiger partial charge in [-0.05, 0) is 42.9 Å². The number of hydrogen-bond acceptors (Lipinski definition) is 2. The van der Waals surface area contributed by atoms with Crippen molar-refractivity contribution in [1.29, 1.82) is 0 Å². The van der Waals surface area contributed by atoms with E-state index in [4.69, 9.17) is 4.42 Å². The van der Waals surface area contributed by atoms with Crippen molar-refractivity contribution in [3.05, 3.63) is 59.0 Å². The molecule has 1 aliphatic carbocycles. The molecule has 1 aromatic heterocycles. The number of benzene rings is 1. The van der Waals surface area contributed by atoms with Crippen LogP contribution in [0.2, 0.25) is 0 Å². The molecular weight excluding hydrogens is 312 g/mol. The zero-order valence-corrected chi connectivity index (χ0v) is 15.7. The van der Waals surface area contributed by atoms with E-state index in [1.165, 1.54) is 74.0 Å². The predicted molar refractivity (Wildman–Crippen MR) is 105 cm³/mol. The van der Waals surface area contributed by atoms with E-state index in [-0.39, 0.29) is 0 Å². The number of fused-ring (bicyclic) bond motifs is 1. The number of unbranched alkanes of at least 4 members (excludes halogenated alkanes) is 3. The standard InChI is InChI=1S/C22H30OS/c1-2-3-4-8-15-22(24-17-18-11-6-5-7-12-18)21-16-19-13-9-10-14-20(19)23-21/h5-7,11-12,16,22H,2-4,8-10,13-15,17H2,1H3. The highest BCUT2D eigenvalue weighted by atomic mass is 32.2. The summed E-state index contributed by atoms with van der Waals surface area (Å²) in [6.45, 7) is 2.28. The van der Waals surface area contributed by atoms with E-state index in [0.29, 0.717) is 5.25 Å². The molecule has 0 fully saturated rings. The lowest BCUT2D eigenvalue weighted by Crippen LogP contribution is -1.97. The number of hydrogen-bond donors (Lipinski definition) is 0. The van der Waals surface area contributed by atoms with Crippen molar-refractivity contribution < 1.29 is 4.42 Å². The summed E-state index contributed by atoms with van der Waals surface area (Å²) in [7, 11) is 0. The van der Waals surface area contributed by atoms with Gasteiger partial charge in [-0.15, -0.1) is 11.8 Å². The molecule has 2 aromatic rings. The van der Waals surface area contributed by atoms with Crippen LogP contribution in [0.4, 0.5) is 0 Å². The molecule has 2 heteroatoms. The molecule has 0 amide bonds. The molecule has 1 unspecified atom stereocenters. The molecule has 1 nitrogen and oxygen atoms in total. The Balaban J connectivity index is 1.65. The fourth-order valence-corrected chi connectivity index (χ4v) is 4.71. The Hall–Kier alpha value is -1.15. The Labute approximate surface area is 151 Å². The Kier molecular flexibility index (Phi) is 6.89. The third kappa shape index (κ3) is 4.92. The molecule has 3 rings (SSSR count). The summed E-state index contributed by atoms with van der Waals surface area (Å²) in [5, 5.41) is 0.507. The van der Waals surface area contributed by atoms with Crippen molar-refractivity contribution in [2.45, 2.75) is 75.7 Å². The van der Waals surface area contributed by atoms with Crippen molar-refractivity contribution >= 4 is 11.8 Å². The first-order chi connectivity index (χ1) is 11.9. The lowest BCUT2D eigenvalue weighted by atomic mass is 9.98. The first kappa shape index (κ1) is 17.7. The first-order valence-corrected chi connectivity index (χ1v) is 10.7. The van der Waals surface area contributed by atoms with Crippen molar-refractivity contribution in [1.82, 2.24) is 0 Å². The van der Waals surface area contributed by atoms with Gasteiger partial charge in [0.05, 0.1) is 5.25 Å². The number of aryl methyl sites for hydroxylation is 2. The second-order valence-corrected chi connectivity index (χ2v) is 8.13. The Morgan fingerprint density at radius 1 is 1.04 bits per heavy atom. The van der Waals surface area contributed by atoms with E-state index in [1.54, 1.807) is 0 Å². The maximum absolute atomic E-state index is 6.29. The van der Waals surface area contributed by atoms with Crippen LogP contribution in [0.3, 0.4) is 0 Å². The molecule has 1 aromatic carbocycles. The SMILES string of the molecule is CCCCCCC(SCc1ccccc1)c1cc2c(o1)CCCC2. The molecule has 0 aliphatic heterocycles. The molecule has 24 heavy (non-hydrogen) atoms. The van der Waals surface area contributed by atoms with E-state index >= 15 is 0 Å². The molecule has 0 spiro atoms. The summed E-state index contributed by atoms with van der Waals surface area (Å²) in [5.74, 6) is 3.58. The van der Waals surface area contributed by atoms with Crippen LogP contribution in [0.5, 0.6) is 0 Å². The normalized spacial score (nSPS) is 15.2. The van der Waals surface area contributed by atoms with Gasteiger partial charge in [0.1, 0.15) is 11.5 Å². The van der Waals surface area contributed by atoms with Gasteiger partial charge in [-0.1, -0.05) is 62.9 Å². The number of furan rings is 1. The highest BCUT2D eigenvalue weighted by molar-refractivity contribution is 7.98. The van der Waals surface area contributed by atoms with Crippen molar-refractivity contribution in [2.75, 3.05) is 0 Å². The molecule has 0 bridgehead atoms. The van der Waals surface area contributed by atoms with Crippen molar-refractivity contribution in [2.24, 2.45) is 0 Å². The molecule has 1 atom stereocenters. The van der Waals surface area contributed by atoms with Gasteiger partial charge >= 0.3 is 0 Å². The molecule has 0 saturated heterocycles. The Morgan fingerprint density at radius 3 is 2.67 bits per heavy atom. The fraction of sp³-hybridized carbons (Fsp3) is 0.545. The smallest absolute Gasteiger partial charge is 0.117 e. The first-order valence-electron chi connectivity index (χ1n) is 9.64. The van der Waals surface area contributed by atoms with Crippen molar-refractivity contribution in [3.63, 3.8) is 0 Å². The second kappa shape index (κ2) is 9.36. The minimum absolute atomic E-state index is 0.507. The fourth-order valence-electron chi connectivity index (χ4n) is 3.51. The summed E-state index contributed by atoms with van der Waals surface area (Å²) in [6, 6.07) is 13.2. The summed E-state index contributed by atoms with van der Waals surface area (Å²) in [5.41, 5.74) is 2.90. The van der Waals surface area contributed by atoms with E-state index in [0.717, 1.165) is 12.2 Å². The average molecular weight is 343 g/mol. The summed E-state index contributed by atoms with van der Waals surface area (Å²) in [6.07, 6.45) is 11.5. The minimum Gasteiger partial charge on any atom is -0.465 e. The Bertz CT molecular complexity index is 578. The lowest BCUT2D eigenvalue weighted by molar-refractivity contribution is 0.433. The largest absolute Gasteiger partial charge is 0.465 e. The van der Waals surface area contributed by atoms with Gasteiger partial charge in [0.2, 0.25) is 0 Å². The van der Waals surface area contributed by atoms with Gasteiger partial charge in [0, 0.05) is 12.2 Å². The predicted octanol–water partition coefficient (Wildman–Crippen LogP) is 7.10. The van der Waals surface area contributed by atoms with Crippen molar-refractivity contribution in [3.8, 4) is 0 Å². The van der Waals surface area contributed by atoms with E-state index in [2.05, 4.69) is 55.1 Å². The maximum Gasteiger partial charge on any atom is 0.117 e. The molecule has 0 saturated carbocycles.